The fourth-order valence-electron chi connectivity index (χ4n) is 1.76. The van der Waals surface area contributed by atoms with Gasteiger partial charge in [0.25, 0.3) is 0 Å². The van der Waals surface area contributed by atoms with Crippen LogP contribution in [0.2, 0.25) is 0 Å². The van der Waals surface area contributed by atoms with E-state index in [4.69, 9.17) is 4.74 Å². The maximum Gasteiger partial charge on any atom is 0.0674 e. The fraction of sp³-hybridized carbons (Fsp3) is 1.00. The maximum absolute atomic E-state index is 5.50. The van der Waals surface area contributed by atoms with Gasteiger partial charge in [0.15, 0.2) is 0 Å². The molecule has 0 spiro atoms. The van der Waals surface area contributed by atoms with Crippen LogP contribution in [0.1, 0.15) is 6.92 Å². The molecule has 0 aliphatic carbocycles. The van der Waals surface area contributed by atoms with Gasteiger partial charge in [-0.05, 0) is 21.0 Å². The van der Waals surface area contributed by atoms with Gasteiger partial charge >= 0.3 is 0 Å². The molecule has 0 aromatic rings. The Bertz CT molecular complexity index is 164. The Labute approximate surface area is 93.6 Å². The zero-order chi connectivity index (χ0) is 11.1. The summed E-state index contributed by atoms with van der Waals surface area (Å²) in [5.74, 6) is 0. The minimum atomic E-state index is 0.403. The summed E-state index contributed by atoms with van der Waals surface area (Å²) in [6, 6.07) is 0. The van der Waals surface area contributed by atoms with Crippen molar-refractivity contribution < 1.29 is 4.74 Å². The highest BCUT2D eigenvalue weighted by Gasteiger charge is 2.15. The van der Waals surface area contributed by atoms with Crippen molar-refractivity contribution in [2.24, 2.45) is 0 Å². The van der Waals surface area contributed by atoms with E-state index >= 15 is 0 Å². The molecule has 1 saturated heterocycles. The number of nitrogens with zero attached hydrogens (tertiary/aromatic N) is 2. The predicted molar refractivity (Wildman–Crippen MR) is 63.3 cm³/mol. The molecule has 0 radical (unpaired) electrons. The highest BCUT2D eigenvalue weighted by Crippen LogP contribution is 2.02. The number of rotatable bonds is 6. The van der Waals surface area contributed by atoms with Crippen LogP contribution in [0.3, 0.4) is 0 Å². The number of likely N-dealkylation sites (N-methyl/N-ethyl adjacent to an activating group) is 1. The Morgan fingerprint density at radius 2 is 2.20 bits per heavy atom. The first kappa shape index (κ1) is 12.9. The molecule has 0 aromatic heterocycles. The molecule has 1 N–H and O–H groups in total. The lowest BCUT2D eigenvalue weighted by atomic mass is 10.3. The molecular weight excluding hydrogens is 190 g/mol. The summed E-state index contributed by atoms with van der Waals surface area (Å²) < 4.78 is 5.50. The summed E-state index contributed by atoms with van der Waals surface area (Å²) in [5.41, 5.74) is 0. The van der Waals surface area contributed by atoms with E-state index in [1.54, 1.807) is 0 Å². The Morgan fingerprint density at radius 3 is 2.87 bits per heavy atom. The summed E-state index contributed by atoms with van der Waals surface area (Å²) in [4.78, 5) is 4.67. The van der Waals surface area contributed by atoms with Gasteiger partial charge in [-0.2, -0.15) is 0 Å². The number of nitrogens with one attached hydrogen (secondary N) is 1. The Morgan fingerprint density at radius 1 is 1.40 bits per heavy atom. The second-order valence-electron chi connectivity index (χ2n) is 4.54. The predicted octanol–water partition coefficient (Wildman–Crippen LogP) is -0.142. The van der Waals surface area contributed by atoms with Gasteiger partial charge in [-0.15, -0.1) is 0 Å². The smallest absolute Gasteiger partial charge is 0.0674 e. The molecule has 0 aromatic carbocycles. The third-order valence-electron chi connectivity index (χ3n) is 2.67. The molecule has 1 heterocycles. The summed E-state index contributed by atoms with van der Waals surface area (Å²) >= 11 is 0. The van der Waals surface area contributed by atoms with E-state index in [1.807, 2.05) is 0 Å². The van der Waals surface area contributed by atoms with Crippen LogP contribution in [0, 0.1) is 0 Å². The van der Waals surface area contributed by atoms with Crippen molar-refractivity contribution in [2.45, 2.75) is 13.0 Å². The molecule has 1 aliphatic rings. The van der Waals surface area contributed by atoms with Gasteiger partial charge < -0.3 is 15.0 Å². The van der Waals surface area contributed by atoms with Gasteiger partial charge in [0, 0.05) is 39.3 Å². The van der Waals surface area contributed by atoms with Crippen LogP contribution in [0.5, 0.6) is 0 Å². The lowest BCUT2D eigenvalue weighted by Gasteiger charge is -2.31. The zero-order valence-corrected chi connectivity index (χ0v) is 10.3. The standard InChI is InChI=1S/C11H25N3O/c1-11-10-14(8-9-15-11)7-5-12-4-6-13(2)3/h11-12H,4-10H2,1-3H3. The maximum atomic E-state index is 5.50. The Kier molecular flexibility index (Phi) is 6.17. The molecule has 1 rings (SSSR count). The second-order valence-corrected chi connectivity index (χ2v) is 4.54. The van der Waals surface area contributed by atoms with Crippen LogP contribution < -0.4 is 5.32 Å². The van der Waals surface area contributed by atoms with Crippen LogP contribution in [-0.4, -0.2) is 75.9 Å². The molecule has 0 amide bonds. The van der Waals surface area contributed by atoms with Gasteiger partial charge in [-0.3, -0.25) is 4.90 Å². The van der Waals surface area contributed by atoms with Crippen molar-refractivity contribution in [3.8, 4) is 0 Å². The number of hydrogen-bond acceptors (Lipinski definition) is 4. The monoisotopic (exact) mass is 215 g/mol. The van der Waals surface area contributed by atoms with E-state index in [1.165, 1.54) is 0 Å². The average molecular weight is 215 g/mol. The van der Waals surface area contributed by atoms with E-state index < -0.39 is 0 Å². The number of morpholine rings is 1. The van der Waals surface area contributed by atoms with Crippen molar-refractivity contribution in [3.05, 3.63) is 0 Å². The SMILES string of the molecule is CC1CN(CCNCCN(C)C)CCO1. The Hall–Kier alpha value is -0.160. The molecule has 1 unspecified atom stereocenters. The van der Waals surface area contributed by atoms with E-state index in [-0.39, 0.29) is 0 Å². The lowest BCUT2D eigenvalue weighted by molar-refractivity contribution is -0.0176. The van der Waals surface area contributed by atoms with Crippen molar-refractivity contribution in [3.63, 3.8) is 0 Å². The highest BCUT2D eigenvalue weighted by atomic mass is 16.5. The summed E-state index contributed by atoms with van der Waals surface area (Å²) in [7, 11) is 4.21. The van der Waals surface area contributed by atoms with Gasteiger partial charge in [0.05, 0.1) is 12.7 Å². The van der Waals surface area contributed by atoms with Crippen LogP contribution in [0.25, 0.3) is 0 Å². The normalized spacial score (nSPS) is 23.6. The largest absolute Gasteiger partial charge is 0.376 e. The molecule has 4 heteroatoms. The molecular formula is C11H25N3O. The van der Waals surface area contributed by atoms with Crippen molar-refractivity contribution in [1.82, 2.24) is 15.1 Å². The summed E-state index contributed by atoms with van der Waals surface area (Å²) in [6.45, 7) is 9.60. The number of hydrogen-bond donors (Lipinski definition) is 1. The third-order valence-corrected chi connectivity index (χ3v) is 2.67. The lowest BCUT2D eigenvalue weighted by Crippen LogP contribution is -2.44. The molecule has 4 nitrogen and oxygen atoms in total. The van der Waals surface area contributed by atoms with Crippen LogP contribution in [0.4, 0.5) is 0 Å². The fourth-order valence-corrected chi connectivity index (χ4v) is 1.76. The van der Waals surface area contributed by atoms with Crippen LogP contribution in [-0.2, 0) is 4.74 Å². The average Bonchev–Trinajstić information content (AvgIpc) is 2.17. The van der Waals surface area contributed by atoms with E-state index in [0.29, 0.717) is 6.10 Å². The summed E-state index contributed by atoms with van der Waals surface area (Å²) in [5, 5.41) is 3.45. The van der Waals surface area contributed by atoms with Crippen molar-refractivity contribution in [2.75, 3.05) is 60.0 Å². The minimum Gasteiger partial charge on any atom is -0.376 e. The first-order valence-corrected chi connectivity index (χ1v) is 5.88. The topological polar surface area (TPSA) is 27.7 Å². The van der Waals surface area contributed by atoms with E-state index in [2.05, 4.69) is 36.1 Å². The van der Waals surface area contributed by atoms with Crippen LogP contribution >= 0.6 is 0 Å². The first-order valence-electron chi connectivity index (χ1n) is 5.88. The molecule has 0 bridgehead atoms. The van der Waals surface area contributed by atoms with Gasteiger partial charge in [-0.1, -0.05) is 0 Å². The quantitative estimate of drug-likeness (QED) is 0.624. The highest BCUT2D eigenvalue weighted by molar-refractivity contribution is 4.68. The van der Waals surface area contributed by atoms with Gasteiger partial charge in [0.1, 0.15) is 0 Å². The van der Waals surface area contributed by atoms with Gasteiger partial charge in [0.2, 0.25) is 0 Å². The zero-order valence-electron chi connectivity index (χ0n) is 10.3. The third kappa shape index (κ3) is 6.10. The second kappa shape index (κ2) is 7.17. The molecule has 1 fully saturated rings. The molecule has 1 aliphatic heterocycles. The summed E-state index contributed by atoms with van der Waals surface area (Å²) in [6.07, 6.45) is 0.403. The van der Waals surface area contributed by atoms with E-state index in [9.17, 15) is 0 Å². The van der Waals surface area contributed by atoms with Crippen molar-refractivity contribution in [1.29, 1.82) is 0 Å². The van der Waals surface area contributed by atoms with E-state index in [0.717, 1.165) is 45.9 Å². The van der Waals surface area contributed by atoms with Crippen molar-refractivity contribution >= 4 is 0 Å². The molecule has 1 atom stereocenters. The molecule has 0 saturated carbocycles. The Balaban J connectivity index is 1.95. The number of ether oxygens (including phenoxy) is 1. The molecule has 90 valence electrons. The minimum absolute atomic E-state index is 0.403. The first-order chi connectivity index (χ1) is 7.18. The van der Waals surface area contributed by atoms with Crippen LogP contribution in [0.15, 0.2) is 0 Å². The molecule has 15 heavy (non-hydrogen) atoms. The van der Waals surface area contributed by atoms with Gasteiger partial charge in [-0.25, -0.2) is 0 Å².